The number of piperazine rings is 1. The Hall–Kier alpha value is -2.83. The summed E-state index contributed by atoms with van der Waals surface area (Å²) in [6.07, 6.45) is 0.726. The molecule has 1 aliphatic carbocycles. The molecule has 0 bridgehead atoms. The molecule has 2 aromatic carbocycles. The summed E-state index contributed by atoms with van der Waals surface area (Å²) in [4.78, 5) is 28.2. The van der Waals surface area contributed by atoms with E-state index in [4.69, 9.17) is 0 Å². The van der Waals surface area contributed by atoms with Gasteiger partial charge >= 0.3 is 0 Å². The average molecular weight is 388 g/mol. The monoisotopic (exact) mass is 388 g/mol. The molecule has 2 atom stereocenters. The van der Waals surface area contributed by atoms with Gasteiger partial charge < -0.3 is 9.80 Å². The first-order valence-corrected chi connectivity index (χ1v) is 9.23. The van der Waals surface area contributed by atoms with E-state index in [1.807, 2.05) is 0 Å². The molecule has 0 spiro atoms. The van der Waals surface area contributed by atoms with E-state index in [1.54, 1.807) is 17.0 Å². The minimum atomic E-state index is -0.886. The number of halogens is 3. The molecule has 7 heteroatoms. The molecule has 4 rings (SSSR count). The minimum absolute atomic E-state index is 0.0125. The zero-order chi connectivity index (χ0) is 19.8. The number of rotatable bonds is 3. The van der Waals surface area contributed by atoms with Crippen LogP contribution in [0.4, 0.5) is 13.2 Å². The van der Waals surface area contributed by atoms with Crippen molar-refractivity contribution >= 4 is 11.8 Å². The minimum Gasteiger partial charge on any atom is -0.339 e. The second kappa shape index (κ2) is 7.30. The van der Waals surface area contributed by atoms with Gasteiger partial charge in [-0.1, -0.05) is 18.2 Å². The van der Waals surface area contributed by atoms with Gasteiger partial charge in [0.1, 0.15) is 23.0 Å². The molecule has 0 radical (unpaired) electrons. The number of hydrogen-bond donors (Lipinski definition) is 0. The van der Waals surface area contributed by atoms with Crippen LogP contribution in [0.3, 0.4) is 0 Å². The van der Waals surface area contributed by atoms with Gasteiger partial charge in [0.25, 0.3) is 5.91 Å². The topological polar surface area (TPSA) is 40.6 Å². The SMILES string of the molecule is O=C(c1c(F)cccc1F)N1CCN(C(=O)C2CC2c2ccc(F)cc2)CC1. The summed E-state index contributed by atoms with van der Waals surface area (Å²) in [7, 11) is 0. The van der Waals surface area contributed by atoms with Gasteiger partial charge in [-0.25, -0.2) is 13.2 Å². The van der Waals surface area contributed by atoms with Gasteiger partial charge in [-0.2, -0.15) is 0 Å². The smallest absolute Gasteiger partial charge is 0.259 e. The predicted octanol–water partition coefficient (Wildman–Crippen LogP) is 3.19. The Morgan fingerprint density at radius 3 is 2.00 bits per heavy atom. The fraction of sp³-hybridized carbons (Fsp3) is 0.333. The zero-order valence-electron chi connectivity index (χ0n) is 15.1. The van der Waals surface area contributed by atoms with Crippen LogP contribution in [0.15, 0.2) is 42.5 Å². The van der Waals surface area contributed by atoms with E-state index in [2.05, 4.69) is 0 Å². The van der Waals surface area contributed by atoms with Gasteiger partial charge in [-0.05, 0) is 42.2 Å². The number of amides is 2. The molecule has 0 aromatic heterocycles. The van der Waals surface area contributed by atoms with Crippen LogP contribution in [0.5, 0.6) is 0 Å². The predicted molar refractivity (Wildman–Crippen MR) is 96.1 cm³/mol. The maximum atomic E-state index is 13.8. The van der Waals surface area contributed by atoms with E-state index in [0.29, 0.717) is 13.1 Å². The Morgan fingerprint density at radius 2 is 1.39 bits per heavy atom. The first kappa shape index (κ1) is 18.5. The van der Waals surface area contributed by atoms with Crippen molar-refractivity contribution in [1.82, 2.24) is 9.80 Å². The quantitative estimate of drug-likeness (QED) is 0.810. The third kappa shape index (κ3) is 3.48. The second-order valence-corrected chi connectivity index (χ2v) is 7.21. The molecular weight excluding hydrogens is 369 g/mol. The van der Waals surface area contributed by atoms with E-state index in [0.717, 1.165) is 24.1 Å². The van der Waals surface area contributed by atoms with Crippen LogP contribution in [0, 0.1) is 23.4 Å². The van der Waals surface area contributed by atoms with Gasteiger partial charge in [-0.15, -0.1) is 0 Å². The molecule has 4 nitrogen and oxygen atoms in total. The largest absolute Gasteiger partial charge is 0.339 e. The van der Waals surface area contributed by atoms with Gasteiger partial charge in [0.05, 0.1) is 0 Å². The Labute approximate surface area is 160 Å². The van der Waals surface area contributed by atoms with Crippen molar-refractivity contribution in [2.24, 2.45) is 5.92 Å². The van der Waals surface area contributed by atoms with Gasteiger partial charge in [0.2, 0.25) is 5.91 Å². The zero-order valence-corrected chi connectivity index (χ0v) is 15.1. The summed E-state index contributed by atoms with van der Waals surface area (Å²) in [6.45, 7) is 1.11. The lowest BCUT2D eigenvalue weighted by molar-refractivity contribution is -0.134. The maximum absolute atomic E-state index is 13.8. The summed E-state index contributed by atoms with van der Waals surface area (Å²) in [6, 6.07) is 9.51. The molecule has 2 aromatic rings. The highest BCUT2D eigenvalue weighted by molar-refractivity contribution is 5.95. The molecule has 2 aliphatic rings. The molecular formula is C21H19F3N2O2. The van der Waals surface area contributed by atoms with Crippen LogP contribution in [0.25, 0.3) is 0 Å². The first-order valence-electron chi connectivity index (χ1n) is 9.23. The molecule has 2 amide bonds. The van der Waals surface area contributed by atoms with Crippen molar-refractivity contribution in [3.05, 3.63) is 71.0 Å². The molecule has 146 valence electrons. The highest BCUT2D eigenvalue weighted by Gasteiger charge is 2.46. The Morgan fingerprint density at radius 1 is 0.821 bits per heavy atom. The van der Waals surface area contributed by atoms with Crippen molar-refractivity contribution in [2.45, 2.75) is 12.3 Å². The fourth-order valence-electron chi connectivity index (χ4n) is 3.77. The second-order valence-electron chi connectivity index (χ2n) is 7.21. The molecule has 1 heterocycles. The first-order chi connectivity index (χ1) is 13.5. The number of hydrogen-bond acceptors (Lipinski definition) is 2. The number of benzene rings is 2. The molecule has 2 fully saturated rings. The van der Waals surface area contributed by atoms with Crippen LogP contribution in [-0.2, 0) is 4.79 Å². The van der Waals surface area contributed by atoms with Crippen molar-refractivity contribution in [3.8, 4) is 0 Å². The van der Waals surface area contributed by atoms with Crippen LogP contribution in [0.1, 0.15) is 28.3 Å². The van der Waals surface area contributed by atoms with Crippen molar-refractivity contribution < 1.29 is 22.8 Å². The third-order valence-electron chi connectivity index (χ3n) is 5.46. The lowest BCUT2D eigenvalue weighted by Crippen LogP contribution is -2.51. The molecule has 1 saturated carbocycles. The summed E-state index contributed by atoms with van der Waals surface area (Å²) in [5.41, 5.74) is 0.393. The molecule has 1 aliphatic heterocycles. The van der Waals surface area contributed by atoms with E-state index >= 15 is 0 Å². The Kier molecular flexibility index (Phi) is 4.83. The summed E-state index contributed by atoms with van der Waals surface area (Å²) >= 11 is 0. The van der Waals surface area contributed by atoms with Crippen molar-refractivity contribution in [1.29, 1.82) is 0 Å². The van der Waals surface area contributed by atoms with Crippen LogP contribution in [-0.4, -0.2) is 47.8 Å². The lowest BCUT2D eigenvalue weighted by atomic mass is 10.1. The highest BCUT2D eigenvalue weighted by Crippen LogP contribution is 2.48. The average Bonchev–Trinajstić information content (AvgIpc) is 3.49. The number of carbonyl (C=O) groups is 2. The summed E-state index contributed by atoms with van der Waals surface area (Å²) in [5, 5.41) is 0. The third-order valence-corrected chi connectivity index (χ3v) is 5.46. The molecule has 28 heavy (non-hydrogen) atoms. The van der Waals surface area contributed by atoms with Crippen molar-refractivity contribution in [3.63, 3.8) is 0 Å². The normalized spacial score (nSPS) is 21.5. The highest BCUT2D eigenvalue weighted by atomic mass is 19.1. The molecule has 0 N–H and O–H groups in total. The Bertz CT molecular complexity index is 888. The van der Waals surface area contributed by atoms with E-state index < -0.39 is 23.1 Å². The standard InChI is InChI=1S/C21H19F3N2O2/c22-14-6-4-13(5-7-14)15-12-16(15)20(27)25-8-10-26(11-9-25)21(28)19-17(23)2-1-3-18(19)24/h1-7,15-16H,8-12H2. The maximum Gasteiger partial charge on any atom is 0.259 e. The fourth-order valence-corrected chi connectivity index (χ4v) is 3.77. The van der Waals surface area contributed by atoms with Crippen LogP contribution < -0.4 is 0 Å². The van der Waals surface area contributed by atoms with E-state index in [1.165, 1.54) is 23.1 Å². The number of nitrogens with zero attached hydrogens (tertiary/aromatic N) is 2. The Balaban J connectivity index is 1.35. The summed E-state index contributed by atoms with van der Waals surface area (Å²) in [5.74, 6) is -2.79. The van der Waals surface area contributed by atoms with Gasteiger partial charge in [-0.3, -0.25) is 9.59 Å². The van der Waals surface area contributed by atoms with E-state index in [9.17, 15) is 22.8 Å². The van der Waals surface area contributed by atoms with Gasteiger partial charge in [0.15, 0.2) is 0 Å². The lowest BCUT2D eigenvalue weighted by Gasteiger charge is -2.35. The number of carbonyl (C=O) groups excluding carboxylic acids is 2. The van der Waals surface area contributed by atoms with Crippen molar-refractivity contribution in [2.75, 3.05) is 26.2 Å². The van der Waals surface area contributed by atoms with Crippen LogP contribution in [0.2, 0.25) is 0 Å². The van der Waals surface area contributed by atoms with Crippen LogP contribution >= 0.6 is 0 Å². The molecule has 1 saturated heterocycles. The summed E-state index contributed by atoms with van der Waals surface area (Å²) < 4.78 is 40.7. The van der Waals surface area contributed by atoms with Gasteiger partial charge in [0, 0.05) is 32.1 Å². The molecule has 2 unspecified atom stereocenters. The van der Waals surface area contributed by atoms with E-state index in [-0.39, 0.29) is 36.6 Å².